The first-order valence-electron chi connectivity index (χ1n) is 8.40. The third kappa shape index (κ3) is 4.23. The van der Waals surface area contributed by atoms with Gasteiger partial charge in [-0.15, -0.1) is 0 Å². The summed E-state index contributed by atoms with van der Waals surface area (Å²) in [5, 5.41) is 0. The van der Waals surface area contributed by atoms with Gasteiger partial charge >= 0.3 is 0 Å². The lowest BCUT2D eigenvalue weighted by molar-refractivity contribution is -0.161. The van der Waals surface area contributed by atoms with Gasteiger partial charge in [-0.05, 0) is 45.1 Å². The van der Waals surface area contributed by atoms with Crippen LogP contribution >= 0.6 is 37.2 Å². The number of hydrogen-bond acceptors (Lipinski definition) is 2. The van der Waals surface area contributed by atoms with Gasteiger partial charge in [0, 0.05) is 49.8 Å². The second-order valence-corrected chi connectivity index (χ2v) is 6.48. The molecule has 4 nitrogen and oxygen atoms in total. The third-order valence-electron chi connectivity index (χ3n) is 5.02. The van der Waals surface area contributed by atoms with Crippen molar-refractivity contribution in [2.75, 3.05) is 6.54 Å². The van der Waals surface area contributed by atoms with Crippen LogP contribution in [0.2, 0.25) is 0 Å². The predicted octanol–water partition coefficient (Wildman–Crippen LogP) is 4.00. The quantitative estimate of drug-likeness (QED) is 0.529. The van der Waals surface area contributed by atoms with Gasteiger partial charge in [0.05, 0.1) is 0 Å². The van der Waals surface area contributed by atoms with E-state index >= 15 is 0 Å². The Kier molecular flexibility index (Phi) is 7.77. The van der Waals surface area contributed by atoms with Gasteiger partial charge in [0.25, 0.3) is 0 Å². The van der Waals surface area contributed by atoms with Crippen LogP contribution in [0.25, 0.3) is 0 Å². The van der Waals surface area contributed by atoms with E-state index in [-0.39, 0.29) is 29.9 Å². The molecule has 1 aromatic rings. The number of carbonyl (C=O) groups is 2. The van der Waals surface area contributed by atoms with E-state index in [1.54, 1.807) is 4.90 Å². The number of hydrogen-bond donors (Lipinski definition) is 0. The fraction of sp³-hybridized carbons (Fsp3) is 0.556. The molecule has 6 heteroatoms. The van der Waals surface area contributed by atoms with Gasteiger partial charge in [-0.1, -0.05) is 30.3 Å². The number of nitrogens with zero attached hydrogens (tertiary/aromatic N) is 2. The fourth-order valence-electron chi connectivity index (χ4n) is 3.77. The zero-order chi connectivity index (χ0) is 17.7. The fourth-order valence-corrected chi connectivity index (χ4v) is 3.77. The highest BCUT2D eigenvalue weighted by Crippen LogP contribution is 2.29. The second kappa shape index (κ2) is 9.35. The SMILES string of the molecule is C[C@H](CCc1ccccc1)N1C(=O)C2CCCN2C(=O)[C@@H]1C.II. The molecule has 2 amide bonds. The van der Waals surface area contributed by atoms with Crippen molar-refractivity contribution in [2.24, 2.45) is 0 Å². The minimum atomic E-state index is -0.326. The van der Waals surface area contributed by atoms with Crippen molar-refractivity contribution in [3.63, 3.8) is 0 Å². The molecule has 0 radical (unpaired) electrons. The van der Waals surface area contributed by atoms with Crippen LogP contribution in [0.1, 0.15) is 38.7 Å². The molecule has 0 spiro atoms. The van der Waals surface area contributed by atoms with Gasteiger partial charge < -0.3 is 9.80 Å². The molecule has 1 unspecified atom stereocenters. The van der Waals surface area contributed by atoms with Crippen LogP contribution in [0.4, 0.5) is 0 Å². The Morgan fingerprint density at radius 3 is 2.50 bits per heavy atom. The number of aryl methyl sites for hydroxylation is 1. The van der Waals surface area contributed by atoms with Gasteiger partial charge in [-0.2, -0.15) is 0 Å². The Balaban J connectivity index is 0.00000100. The molecule has 132 valence electrons. The van der Waals surface area contributed by atoms with Crippen molar-refractivity contribution < 1.29 is 9.59 Å². The molecule has 2 heterocycles. The second-order valence-electron chi connectivity index (χ2n) is 6.48. The Hall–Kier alpha value is -0.380. The minimum absolute atomic E-state index is 0.0920. The van der Waals surface area contributed by atoms with Crippen molar-refractivity contribution in [2.45, 2.75) is 57.7 Å². The lowest BCUT2D eigenvalue weighted by Crippen LogP contribution is -2.63. The van der Waals surface area contributed by atoms with E-state index in [1.165, 1.54) is 5.56 Å². The largest absolute Gasteiger partial charge is 0.329 e. The number of rotatable bonds is 4. The highest BCUT2D eigenvalue weighted by molar-refractivity contribution is 15.0. The van der Waals surface area contributed by atoms with E-state index in [2.05, 4.69) is 56.3 Å². The molecule has 0 bridgehead atoms. The van der Waals surface area contributed by atoms with Gasteiger partial charge in [0.15, 0.2) is 0 Å². The summed E-state index contributed by atoms with van der Waals surface area (Å²) in [6.07, 6.45) is 3.58. The molecular formula is C18H24I2N2O2. The monoisotopic (exact) mass is 554 g/mol. The van der Waals surface area contributed by atoms with Gasteiger partial charge in [0.2, 0.25) is 11.8 Å². The van der Waals surface area contributed by atoms with E-state index in [4.69, 9.17) is 0 Å². The smallest absolute Gasteiger partial charge is 0.246 e. The predicted molar refractivity (Wildman–Crippen MR) is 113 cm³/mol. The Morgan fingerprint density at radius 1 is 1.17 bits per heavy atom. The Bertz CT molecular complexity index is 567. The summed E-state index contributed by atoms with van der Waals surface area (Å²) in [4.78, 5) is 28.8. The molecule has 0 N–H and O–H groups in total. The zero-order valence-electron chi connectivity index (χ0n) is 14.1. The highest BCUT2D eigenvalue weighted by atomic mass is 128. The Labute approximate surface area is 167 Å². The van der Waals surface area contributed by atoms with Crippen LogP contribution in [0, 0.1) is 0 Å². The van der Waals surface area contributed by atoms with Crippen molar-refractivity contribution in [1.82, 2.24) is 9.80 Å². The number of piperazine rings is 1. The molecule has 1 aromatic carbocycles. The van der Waals surface area contributed by atoms with Crippen LogP contribution in [-0.4, -0.2) is 46.3 Å². The normalized spacial score (nSPS) is 24.3. The zero-order valence-corrected chi connectivity index (χ0v) is 18.4. The summed E-state index contributed by atoms with van der Waals surface area (Å²) in [6.45, 7) is 4.68. The first-order valence-corrected chi connectivity index (χ1v) is 14.7. The summed E-state index contributed by atoms with van der Waals surface area (Å²) in [7, 11) is 0. The lowest BCUT2D eigenvalue weighted by Gasteiger charge is -2.44. The van der Waals surface area contributed by atoms with Crippen LogP contribution < -0.4 is 0 Å². The van der Waals surface area contributed by atoms with E-state index in [0.29, 0.717) is 0 Å². The van der Waals surface area contributed by atoms with Crippen molar-refractivity contribution in [3.05, 3.63) is 35.9 Å². The average molecular weight is 554 g/mol. The van der Waals surface area contributed by atoms with Crippen LogP contribution in [0.3, 0.4) is 0 Å². The molecule has 0 saturated carbocycles. The number of benzene rings is 1. The van der Waals surface area contributed by atoms with Crippen molar-refractivity contribution >= 4 is 49.0 Å². The molecule has 24 heavy (non-hydrogen) atoms. The van der Waals surface area contributed by atoms with E-state index in [1.807, 2.05) is 30.0 Å². The lowest BCUT2D eigenvalue weighted by atomic mass is 9.99. The molecule has 2 fully saturated rings. The van der Waals surface area contributed by atoms with E-state index in [9.17, 15) is 9.59 Å². The molecule has 2 aliphatic heterocycles. The number of amides is 2. The molecule has 0 aromatic heterocycles. The molecular weight excluding hydrogens is 530 g/mol. The summed E-state index contributed by atoms with van der Waals surface area (Å²) in [6, 6.07) is 9.86. The summed E-state index contributed by atoms with van der Waals surface area (Å²) < 4.78 is 0. The first-order chi connectivity index (χ1) is 11.6. The minimum Gasteiger partial charge on any atom is -0.329 e. The van der Waals surface area contributed by atoms with Gasteiger partial charge in [-0.3, -0.25) is 9.59 Å². The van der Waals surface area contributed by atoms with Crippen molar-refractivity contribution in [3.8, 4) is 0 Å². The molecule has 2 aliphatic rings. The topological polar surface area (TPSA) is 40.6 Å². The van der Waals surface area contributed by atoms with E-state index in [0.717, 1.165) is 32.2 Å². The highest BCUT2D eigenvalue weighted by Gasteiger charge is 2.47. The van der Waals surface area contributed by atoms with Crippen molar-refractivity contribution in [1.29, 1.82) is 0 Å². The molecule has 3 rings (SSSR count). The Morgan fingerprint density at radius 2 is 1.83 bits per heavy atom. The number of fused-ring (bicyclic) bond motifs is 1. The van der Waals surface area contributed by atoms with Gasteiger partial charge in [-0.25, -0.2) is 0 Å². The molecule has 0 aliphatic carbocycles. The first kappa shape index (κ1) is 19.9. The number of halogens is 2. The van der Waals surface area contributed by atoms with Gasteiger partial charge in [0.1, 0.15) is 12.1 Å². The maximum Gasteiger partial charge on any atom is 0.246 e. The van der Waals surface area contributed by atoms with Crippen LogP contribution in [0.15, 0.2) is 30.3 Å². The molecule has 2 saturated heterocycles. The maximum atomic E-state index is 12.7. The van der Waals surface area contributed by atoms with Crippen LogP contribution in [-0.2, 0) is 16.0 Å². The summed E-state index contributed by atoms with van der Waals surface area (Å²) in [5.74, 6) is 0.263. The number of carbonyl (C=O) groups excluding carboxylic acids is 2. The maximum absolute atomic E-state index is 12.7. The van der Waals surface area contributed by atoms with Crippen LogP contribution in [0.5, 0.6) is 0 Å². The summed E-state index contributed by atoms with van der Waals surface area (Å²) in [5.41, 5.74) is 1.28. The third-order valence-corrected chi connectivity index (χ3v) is 5.02. The average Bonchev–Trinajstić information content (AvgIpc) is 3.11. The van der Waals surface area contributed by atoms with E-state index < -0.39 is 0 Å². The standard InChI is InChI=1S/C18H24N2O2.I2/c1-13(10-11-15-7-4-3-5-8-15)20-14(2)17(21)19-12-6-9-16(19)18(20)22;1-2/h3-5,7-8,13-14,16H,6,9-12H2,1-2H3;/t13-,14+,16?;/m1./s1. The summed E-state index contributed by atoms with van der Waals surface area (Å²) >= 11 is 4.24. The molecule has 3 atom stereocenters.